The van der Waals surface area contributed by atoms with Crippen molar-refractivity contribution >= 4 is 17.3 Å². The zero-order chi connectivity index (χ0) is 11.8. The maximum Gasteiger partial charge on any atom is 0.181 e. The fourth-order valence-electron chi connectivity index (χ4n) is 2.07. The normalized spacial score (nSPS) is 19.0. The molecule has 0 spiro atoms. The van der Waals surface area contributed by atoms with Crippen LogP contribution in [0.5, 0.6) is 0 Å². The van der Waals surface area contributed by atoms with Gasteiger partial charge in [0.25, 0.3) is 0 Å². The summed E-state index contributed by atoms with van der Waals surface area (Å²) in [5.41, 5.74) is 7.44. The standard InChI is InChI=1S/C12H13ClN4/c13-9-4-5-11-15-12(16-17(11)7-9)8-2-1-3-10(14)6-8/h1-3,6,9H,4-5,7,14H2. The van der Waals surface area contributed by atoms with Crippen molar-refractivity contribution in [1.82, 2.24) is 14.8 Å². The van der Waals surface area contributed by atoms with E-state index in [1.807, 2.05) is 28.9 Å². The Bertz CT molecular complexity index is 549. The third-order valence-corrected chi connectivity index (χ3v) is 3.30. The van der Waals surface area contributed by atoms with Gasteiger partial charge in [0.1, 0.15) is 5.82 Å². The molecule has 1 aliphatic rings. The molecule has 0 radical (unpaired) electrons. The predicted molar refractivity (Wildman–Crippen MR) is 67.8 cm³/mol. The quantitative estimate of drug-likeness (QED) is 0.621. The lowest BCUT2D eigenvalue weighted by Gasteiger charge is -2.16. The van der Waals surface area contributed by atoms with Gasteiger partial charge in [-0.3, -0.25) is 0 Å². The molecule has 88 valence electrons. The summed E-state index contributed by atoms with van der Waals surface area (Å²) in [6.07, 6.45) is 1.86. The van der Waals surface area contributed by atoms with Crippen molar-refractivity contribution in [1.29, 1.82) is 0 Å². The van der Waals surface area contributed by atoms with Gasteiger partial charge in [0.05, 0.1) is 11.9 Å². The summed E-state index contributed by atoms with van der Waals surface area (Å²) in [4.78, 5) is 4.53. The first kappa shape index (κ1) is 10.6. The summed E-state index contributed by atoms with van der Waals surface area (Å²) in [5, 5.41) is 4.64. The van der Waals surface area contributed by atoms with Crippen LogP contribution in [0.2, 0.25) is 0 Å². The first-order valence-electron chi connectivity index (χ1n) is 5.66. The Morgan fingerprint density at radius 2 is 2.29 bits per heavy atom. The monoisotopic (exact) mass is 248 g/mol. The lowest BCUT2D eigenvalue weighted by atomic mass is 10.1. The van der Waals surface area contributed by atoms with Crippen molar-refractivity contribution in [3.8, 4) is 11.4 Å². The number of aromatic nitrogens is 3. The van der Waals surface area contributed by atoms with E-state index >= 15 is 0 Å². The summed E-state index contributed by atoms with van der Waals surface area (Å²) in [6.45, 7) is 0.742. The number of benzene rings is 1. The van der Waals surface area contributed by atoms with Crippen molar-refractivity contribution in [2.45, 2.75) is 24.8 Å². The summed E-state index contributed by atoms with van der Waals surface area (Å²) in [7, 11) is 0. The molecule has 0 aliphatic carbocycles. The molecule has 17 heavy (non-hydrogen) atoms. The van der Waals surface area contributed by atoms with E-state index in [9.17, 15) is 0 Å². The third-order valence-electron chi connectivity index (χ3n) is 2.95. The molecule has 1 aromatic heterocycles. The molecule has 0 bridgehead atoms. The van der Waals surface area contributed by atoms with Gasteiger partial charge >= 0.3 is 0 Å². The van der Waals surface area contributed by atoms with E-state index in [1.54, 1.807) is 0 Å². The van der Waals surface area contributed by atoms with Crippen LogP contribution in [0.25, 0.3) is 11.4 Å². The Kier molecular flexibility index (Phi) is 2.52. The van der Waals surface area contributed by atoms with Crippen molar-refractivity contribution in [2.75, 3.05) is 5.73 Å². The van der Waals surface area contributed by atoms with E-state index in [4.69, 9.17) is 17.3 Å². The maximum absolute atomic E-state index is 6.12. The smallest absolute Gasteiger partial charge is 0.181 e. The second-order valence-electron chi connectivity index (χ2n) is 4.30. The molecule has 1 aliphatic heterocycles. The molecule has 1 aromatic carbocycles. The van der Waals surface area contributed by atoms with Crippen molar-refractivity contribution in [2.24, 2.45) is 0 Å². The molecule has 4 nitrogen and oxygen atoms in total. The fraction of sp³-hybridized carbons (Fsp3) is 0.333. The number of rotatable bonds is 1. The van der Waals surface area contributed by atoms with Gasteiger partial charge in [-0.15, -0.1) is 11.6 Å². The number of hydrogen-bond acceptors (Lipinski definition) is 3. The summed E-state index contributed by atoms with van der Waals surface area (Å²) in [5.74, 6) is 1.75. The maximum atomic E-state index is 6.12. The number of hydrogen-bond donors (Lipinski definition) is 1. The van der Waals surface area contributed by atoms with E-state index in [1.165, 1.54) is 0 Å². The number of aryl methyl sites for hydroxylation is 1. The molecule has 2 heterocycles. The van der Waals surface area contributed by atoms with Crippen molar-refractivity contribution in [3.05, 3.63) is 30.1 Å². The molecular formula is C12H13ClN4. The van der Waals surface area contributed by atoms with Gasteiger partial charge in [0, 0.05) is 17.7 Å². The minimum atomic E-state index is 0.165. The summed E-state index contributed by atoms with van der Waals surface area (Å²) in [6, 6.07) is 7.62. The van der Waals surface area contributed by atoms with Crippen LogP contribution in [-0.4, -0.2) is 20.1 Å². The van der Waals surface area contributed by atoms with E-state index in [0.29, 0.717) is 0 Å². The number of alkyl halides is 1. The zero-order valence-electron chi connectivity index (χ0n) is 9.31. The van der Waals surface area contributed by atoms with Gasteiger partial charge in [0.2, 0.25) is 0 Å². The highest BCUT2D eigenvalue weighted by atomic mass is 35.5. The molecule has 0 saturated heterocycles. The molecular weight excluding hydrogens is 236 g/mol. The van der Waals surface area contributed by atoms with Crippen LogP contribution in [0.3, 0.4) is 0 Å². The van der Waals surface area contributed by atoms with E-state index in [-0.39, 0.29) is 5.38 Å². The molecule has 1 unspecified atom stereocenters. The van der Waals surface area contributed by atoms with Crippen LogP contribution in [0.4, 0.5) is 5.69 Å². The number of nitrogens with zero attached hydrogens (tertiary/aromatic N) is 3. The largest absolute Gasteiger partial charge is 0.399 e. The second kappa shape index (κ2) is 4.04. The first-order valence-corrected chi connectivity index (χ1v) is 6.10. The lowest BCUT2D eigenvalue weighted by Crippen LogP contribution is -2.21. The van der Waals surface area contributed by atoms with Gasteiger partial charge in [-0.05, 0) is 18.6 Å². The number of halogens is 1. The van der Waals surface area contributed by atoms with Crippen LogP contribution in [0.15, 0.2) is 24.3 Å². The SMILES string of the molecule is Nc1cccc(-c2nc3n(n2)CC(Cl)CC3)c1. The van der Waals surface area contributed by atoms with Gasteiger partial charge in [-0.1, -0.05) is 12.1 Å². The Morgan fingerprint density at radius 1 is 1.41 bits per heavy atom. The van der Waals surface area contributed by atoms with Gasteiger partial charge < -0.3 is 5.73 Å². The number of anilines is 1. The second-order valence-corrected chi connectivity index (χ2v) is 4.91. The molecule has 0 amide bonds. The zero-order valence-corrected chi connectivity index (χ0v) is 10.1. The molecule has 0 fully saturated rings. The number of nitrogen functional groups attached to an aromatic ring is 1. The van der Waals surface area contributed by atoms with Gasteiger partial charge in [-0.25, -0.2) is 9.67 Å². The molecule has 5 heteroatoms. The predicted octanol–water partition coefficient (Wildman–Crippen LogP) is 2.08. The van der Waals surface area contributed by atoms with Gasteiger partial charge in [-0.2, -0.15) is 5.10 Å². The fourth-order valence-corrected chi connectivity index (χ4v) is 2.31. The average Bonchev–Trinajstić information content (AvgIpc) is 2.72. The summed E-state index contributed by atoms with van der Waals surface area (Å²) < 4.78 is 1.90. The Balaban J connectivity index is 2.00. The minimum Gasteiger partial charge on any atom is -0.399 e. The highest BCUT2D eigenvalue weighted by molar-refractivity contribution is 6.20. The molecule has 1 atom stereocenters. The number of nitrogens with two attached hydrogens (primary N) is 1. The van der Waals surface area contributed by atoms with Crippen LogP contribution in [0.1, 0.15) is 12.2 Å². The van der Waals surface area contributed by atoms with Crippen molar-refractivity contribution in [3.63, 3.8) is 0 Å². The molecule has 2 aromatic rings. The molecule has 3 rings (SSSR count). The Labute approximate surface area is 104 Å². The van der Waals surface area contributed by atoms with Crippen molar-refractivity contribution < 1.29 is 0 Å². The average molecular weight is 249 g/mol. The van der Waals surface area contributed by atoms with E-state index in [0.717, 1.165) is 42.3 Å². The number of fused-ring (bicyclic) bond motifs is 1. The van der Waals surface area contributed by atoms with E-state index < -0.39 is 0 Å². The van der Waals surface area contributed by atoms with Crippen LogP contribution < -0.4 is 5.73 Å². The van der Waals surface area contributed by atoms with Crippen LogP contribution >= 0.6 is 11.6 Å². The van der Waals surface area contributed by atoms with E-state index in [2.05, 4.69) is 10.1 Å². The summed E-state index contributed by atoms with van der Waals surface area (Å²) >= 11 is 6.12. The lowest BCUT2D eigenvalue weighted by molar-refractivity contribution is 0.486. The third kappa shape index (κ3) is 2.00. The van der Waals surface area contributed by atoms with Crippen LogP contribution in [-0.2, 0) is 13.0 Å². The Hall–Kier alpha value is -1.55. The topological polar surface area (TPSA) is 56.7 Å². The highest BCUT2D eigenvalue weighted by Gasteiger charge is 2.20. The highest BCUT2D eigenvalue weighted by Crippen LogP contribution is 2.22. The first-order chi connectivity index (χ1) is 8.22. The van der Waals surface area contributed by atoms with Gasteiger partial charge in [0.15, 0.2) is 5.82 Å². The minimum absolute atomic E-state index is 0.165. The van der Waals surface area contributed by atoms with Crippen LogP contribution in [0, 0.1) is 0 Å². The molecule has 0 saturated carbocycles. The molecule has 2 N–H and O–H groups in total. The Morgan fingerprint density at radius 3 is 3.12 bits per heavy atom.